The average molecular weight is 309 g/mol. The molecule has 2 aromatic rings. The molecule has 0 aliphatic heterocycles. The monoisotopic (exact) mass is 309 g/mol. The lowest BCUT2D eigenvalue weighted by molar-refractivity contribution is 0.411. The zero-order chi connectivity index (χ0) is 15.5. The van der Waals surface area contributed by atoms with Gasteiger partial charge in [-0.25, -0.2) is 13.4 Å². The molecule has 0 bridgehead atoms. The van der Waals surface area contributed by atoms with Crippen LogP contribution in [0.2, 0.25) is 0 Å². The van der Waals surface area contributed by atoms with Gasteiger partial charge in [-0.1, -0.05) is 19.1 Å². The van der Waals surface area contributed by atoms with Crippen LogP contribution >= 0.6 is 0 Å². The maximum absolute atomic E-state index is 12.5. The van der Waals surface area contributed by atoms with Crippen molar-refractivity contribution in [2.45, 2.75) is 25.4 Å². The van der Waals surface area contributed by atoms with Crippen molar-refractivity contribution in [2.24, 2.45) is 0 Å². The number of nitrogens with zero attached hydrogens (tertiary/aromatic N) is 2. The molecule has 1 heterocycles. The van der Waals surface area contributed by atoms with Gasteiger partial charge in [0.05, 0.1) is 13.3 Å². The van der Waals surface area contributed by atoms with Gasteiger partial charge in [0, 0.05) is 13.1 Å². The number of sulfonamides is 1. The molecule has 0 aliphatic rings. The van der Waals surface area contributed by atoms with E-state index in [0.717, 1.165) is 11.3 Å². The first-order valence-electron chi connectivity index (χ1n) is 6.62. The number of aromatic nitrogens is 2. The minimum absolute atomic E-state index is 0.121. The van der Waals surface area contributed by atoms with Crippen LogP contribution in [0.3, 0.4) is 0 Å². The van der Waals surface area contributed by atoms with Crippen molar-refractivity contribution >= 4 is 10.0 Å². The van der Waals surface area contributed by atoms with E-state index >= 15 is 0 Å². The Morgan fingerprint density at radius 3 is 2.43 bits per heavy atom. The summed E-state index contributed by atoms with van der Waals surface area (Å²) in [6.45, 7) is 4.22. The highest BCUT2D eigenvalue weighted by atomic mass is 32.2. The maximum Gasteiger partial charge on any atom is 0.260 e. The summed E-state index contributed by atoms with van der Waals surface area (Å²) >= 11 is 0. The fourth-order valence-corrected chi connectivity index (χ4v) is 3.37. The number of nitrogens with one attached hydrogen (secondary N) is 1. The van der Waals surface area contributed by atoms with Crippen LogP contribution in [0.5, 0.6) is 5.75 Å². The Kier molecular flexibility index (Phi) is 4.64. The molecular formula is C14H19N3O3S. The summed E-state index contributed by atoms with van der Waals surface area (Å²) < 4.78 is 31.6. The number of imidazole rings is 1. The first kappa shape index (κ1) is 15.5. The molecule has 0 spiro atoms. The fraction of sp³-hybridized carbons (Fsp3) is 0.357. The zero-order valence-corrected chi connectivity index (χ0v) is 13.1. The van der Waals surface area contributed by atoms with Gasteiger partial charge in [0.15, 0.2) is 5.03 Å². The third kappa shape index (κ3) is 3.43. The van der Waals surface area contributed by atoms with Crippen LogP contribution in [0, 0.1) is 6.92 Å². The lowest BCUT2D eigenvalue weighted by atomic mass is 10.2. The molecule has 1 aromatic heterocycles. The van der Waals surface area contributed by atoms with E-state index in [1.54, 1.807) is 14.0 Å². The normalized spacial score (nSPS) is 11.8. The number of benzene rings is 1. The second kappa shape index (κ2) is 6.28. The standard InChI is InChI=1S/C14H19N3O3S/c1-4-17(10-12-5-7-13(20-3)8-6-12)21(18,19)14-9-15-11(2)16-14/h5-9H,4,10H2,1-3H3,(H,15,16). The van der Waals surface area contributed by atoms with Gasteiger partial charge in [-0.2, -0.15) is 4.31 Å². The van der Waals surface area contributed by atoms with Crippen LogP contribution in [0.25, 0.3) is 0 Å². The number of ether oxygens (including phenoxy) is 1. The second-order valence-corrected chi connectivity index (χ2v) is 6.52. The van der Waals surface area contributed by atoms with Gasteiger partial charge in [0.25, 0.3) is 10.0 Å². The lowest BCUT2D eigenvalue weighted by Crippen LogP contribution is -2.30. The van der Waals surface area contributed by atoms with Gasteiger partial charge >= 0.3 is 0 Å². The third-order valence-corrected chi connectivity index (χ3v) is 5.00. The number of hydrogen-bond acceptors (Lipinski definition) is 4. The summed E-state index contributed by atoms with van der Waals surface area (Å²) in [6.07, 6.45) is 1.35. The zero-order valence-electron chi connectivity index (χ0n) is 12.3. The minimum Gasteiger partial charge on any atom is -0.497 e. The predicted molar refractivity (Wildman–Crippen MR) is 79.6 cm³/mol. The Hall–Kier alpha value is -1.86. The molecular weight excluding hydrogens is 290 g/mol. The Bertz CT molecular complexity index is 693. The van der Waals surface area contributed by atoms with Gasteiger partial charge in [0.1, 0.15) is 11.6 Å². The number of aryl methyl sites for hydroxylation is 1. The Labute approximate surface area is 124 Å². The second-order valence-electron chi connectivity index (χ2n) is 4.61. The van der Waals surface area contributed by atoms with Gasteiger partial charge in [-0.05, 0) is 24.6 Å². The minimum atomic E-state index is -3.56. The number of rotatable bonds is 6. The summed E-state index contributed by atoms with van der Waals surface area (Å²) in [4.78, 5) is 6.73. The topological polar surface area (TPSA) is 75.3 Å². The van der Waals surface area contributed by atoms with Crippen molar-refractivity contribution in [3.8, 4) is 5.75 Å². The average Bonchev–Trinajstić information content (AvgIpc) is 2.92. The number of H-pyrrole nitrogens is 1. The first-order valence-corrected chi connectivity index (χ1v) is 8.06. The molecule has 7 heteroatoms. The number of aromatic amines is 1. The highest BCUT2D eigenvalue weighted by Crippen LogP contribution is 2.18. The highest BCUT2D eigenvalue weighted by Gasteiger charge is 2.25. The highest BCUT2D eigenvalue weighted by molar-refractivity contribution is 7.89. The van der Waals surface area contributed by atoms with E-state index in [9.17, 15) is 8.42 Å². The van der Waals surface area contributed by atoms with Crippen molar-refractivity contribution in [3.63, 3.8) is 0 Å². The van der Waals surface area contributed by atoms with Crippen LogP contribution in [0.15, 0.2) is 35.5 Å². The van der Waals surface area contributed by atoms with Crippen LogP contribution in [0.1, 0.15) is 18.3 Å². The largest absolute Gasteiger partial charge is 0.497 e. The molecule has 0 amide bonds. The van der Waals surface area contributed by atoms with E-state index in [1.165, 1.54) is 10.5 Å². The van der Waals surface area contributed by atoms with E-state index < -0.39 is 10.0 Å². The van der Waals surface area contributed by atoms with Gasteiger partial charge in [0.2, 0.25) is 0 Å². The lowest BCUT2D eigenvalue weighted by Gasteiger charge is -2.19. The van der Waals surface area contributed by atoms with Gasteiger partial charge in [-0.15, -0.1) is 0 Å². The van der Waals surface area contributed by atoms with E-state index in [4.69, 9.17) is 4.74 Å². The third-order valence-electron chi connectivity index (χ3n) is 3.17. The summed E-state index contributed by atoms with van der Waals surface area (Å²) in [7, 11) is -1.96. The first-order chi connectivity index (χ1) is 9.97. The molecule has 6 nitrogen and oxygen atoms in total. The van der Waals surface area contributed by atoms with Crippen molar-refractivity contribution in [1.29, 1.82) is 0 Å². The van der Waals surface area contributed by atoms with Crippen LogP contribution in [0.4, 0.5) is 0 Å². The molecule has 0 radical (unpaired) electrons. The molecule has 1 N–H and O–H groups in total. The molecule has 0 fully saturated rings. The van der Waals surface area contributed by atoms with Crippen molar-refractivity contribution in [2.75, 3.05) is 13.7 Å². The summed E-state index contributed by atoms with van der Waals surface area (Å²) in [5, 5.41) is 0.121. The van der Waals surface area contributed by atoms with E-state index in [0.29, 0.717) is 18.9 Å². The predicted octanol–water partition coefficient (Wildman–Crippen LogP) is 1.94. The smallest absolute Gasteiger partial charge is 0.260 e. The van der Waals surface area contributed by atoms with E-state index in [2.05, 4.69) is 9.97 Å². The maximum atomic E-state index is 12.5. The fourth-order valence-electron chi connectivity index (χ4n) is 1.97. The molecule has 0 aliphatic carbocycles. The Morgan fingerprint density at radius 2 is 1.95 bits per heavy atom. The van der Waals surface area contributed by atoms with Crippen molar-refractivity contribution in [3.05, 3.63) is 41.9 Å². The van der Waals surface area contributed by atoms with E-state index in [-0.39, 0.29) is 5.03 Å². The van der Waals surface area contributed by atoms with E-state index in [1.807, 2.05) is 31.2 Å². The summed E-state index contributed by atoms with van der Waals surface area (Å²) in [5.41, 5.74) is 0.900. The van der Waals surface area contributed by atoms with Crippen LogP contribution < -0.4 is 4.74 Å². The number of methoxy groups -OCH3 is 1. The Balaban J connectivity index is 2.22. The molecule has 21 heavy (non-hydrogen) atoms. The molecule has 0 atom stereocenters. The molecule has 0 saturated heterocycles. The SMILES string of the molecule is CCN(Cc1ccc(OC)cc1)S(=O)(=O)c1cnc(C)[nH]1. The van der Waals surface area contributed by atoms with Crippen molar-refractivity contribution in [1.82, 2.24) is 14.3 Å². The quantitative estimate of drug-likeness (QED) is 0.885. The van der Waals surface area contributed by atoms with Gasteiger partial charge < -0.3 is 9.72 Å². The molecule has 0 saturated carbocycles. The van der Waals surface area contributed by atoms with Crippen LogP contribution in [-0.2, 0) is 16.6 Å². The summed E-state index contributed by atoms with van der Waals surface area (Å²) in [6, 6.07) is 7.34. The molecule has 114 valence electrons. The molecule has 0 unspecified atom stereocenters. The number of hydrogen-bond donors (Lipinski definition) is 1. The molecule has 2 rings (SSSR count). The van der Waals surface area contributed by atoms with Gasteiger partial charge in [-0.3, -0.25) is 0 Å². The van der Waals surface area contributed by atoms with Crippen molar-refractivity contribution < 1.29 is 13.2 Å². The molecule has 1 aromatic carbocycles. The van der Waals surface area contributed by atoms with Crippen LogP contribution in [-0.4, -0.2) is 36.3 Å². The summed E-state index contributed by atoms with van der Waals surface area (Å²) in [5.74, 6) is 1.32. The Morgan fingerprint density at radius 1 is 1.29 bits per heavy atom.